The zero-order chi connectivity index (χ0) is 11.8. The minimum Gasteiger partial charge on any atom is -0.484 e. The summed E-state index contributed by atoms with van der Waals surface area (Å²) < 4.78 is 5.30. The van der Waals surface area contributed by atoms with E-state index in [9.17, 15) is 4.79 Å². The fourth-order valence-electron chi connectivity index (χ4n) is 1.21. The van der Waals surface area contributed by atoms with Crippen molar-refractivity contribution in [2.24, 2.45) is 0 Å². The van der Waals surface area contributed by atoms with Crippen molar-refractivity contribution in [1.29, 1.82) is 5.26 Å². The maximum Gasteiger partial charge on any atom is 0.261 e. The second-order valence-electron chi connectivity index (χ2n) is 3.17. The smallest absolute Gasteiger partial charge is 0.261 e. The summed E-state index contributed by atoms with van der Waals surface area (Å²) in [6, 6.07) is 11.1. The molecule has 0 spiro atoms. The lowest BCUT2D eigenvalue weighted by molar-refractivity contribution is -0.132. The molecule has 0 unspecified atom stereocenters. The number of nitriles is 1. The van der Waals surface area contributed by atoms with Gasteiger partial charge in [-0.05, 0) is 19.1 Å². The van der Waals surface area contributed by atoms with Gasteiger partial charge in [-0.1, -0.05) is 18.2 Å². The van der Waals surface area contributed by atoms with Crippen LogP contribution in [-0.2, 0) is 4.79 Å². The van der Waals surface area contributed by atoms with E-state index in [1.807, 2.05) is 31.2 Å². The van der Waals surface area contributed by atoms with Gasteiger partial charge in [0.25, 0.3) is 5.91 Å². The second-order valence-corrected chi connectivity index (χ2v) is 3.17. The molecule has 1 rings (SSSR count). The predicted octanol–water partition coefficient (Wildman–Crippen LogP) is 1.44. The SMILES string of the molecule is CCN(CC#N)C(=O)COc1ccccc1. The number of rotatable bonds is 5. The Kier molecular flexibility index (Phi) is 4.87. The highest BCUT2D eigenvalue weighted by molar-refractivity contribution is 5.77. The summed E-state index contributed by atoms with van der Waals surface area (Å²) in [5.74, 6) is 0.483. The van der Waals surface area contributed by atoms with E-state index >= 15 is 0 Å². The van der Waals surface area contributed by atoms with Gasteiger partial charge in [0.2, 0.25) is 0 Å². The molecule has 0 fully saturated rings. The molecule has 0 heterocycles. The van der Waals surface area contributed by atoms with Crippen molar-refractivity contribution in [2.75, 3.05) is 19.7 Å². The normalized spacial score (nSPS) is 9.25. The van der Waals surface area contributed by atoms with E-state index in [2.05, 4.69) is 0 Å². The van der Waals surface area contributed by atoms with Crippen molar-refractivity contribution in [2.45, 2.75) is 6.92 Å². The highest BCUT2D eigenvalue weighted by Gasteiger charge is 2.11. The Labute approximate surface area is 95.0 Å². The number of carbonyl (C=O) groups is 1. The number of benzene rings is 1. The molecule has 16 heavy (non-hydrogen) atoms. The van der Waals surface area contributed by atoms with Crippen molar-refractivity contribution < 1.29 is 9.53 Å². The monoisotopic (exact) mass is 218 g/mol. The summed E-state index contributed by atoms with van der Waals surface area (Å²) in [5.41, 5.74) is 0. The standard InChI is InChI=1S/C12H14N2O2/c1-2-14(9-8-13)12(15)10-16-11-6-4-3-5-7-11/h3-7H,2,9-10H2,1H3. The molecule has 84 valence electrons. The first-order valence-corrected chi connectivity index (χ1v) is 5.10. The van der Waals surface area contributed by atoms with Gasteiger partial charge in [0, 0.05) is 6.54 Å². The van der Waals surface area contributed by atoms with Crippen molar-refractivity contribution in [1.82, 2.24) is 4.90 Å². The summed E-state index contributed by atoms with van der Waals surface area (Å²) in [7, 11) is 0. The number of carbonyl (C=O) groups excluding carboxylic acids is 1. The van der Waals surface area contributed by atoms with Crippen LogP contribution < -0.4 is 4.74 Å². The third kappa shape index (κ3) is 3.62. The fourth-order valence-corrected chi connectivity index (χ4v) is 1.21. The molecule has 1 aromatic carbocycles. The van der Waals surface area contributed by atoms with Crippen molar-refractivity contribution in [3.8, 4) is 11.8 Å². The number of ether oxygens (including phenoxy) is 1. The van der Waals surface area contributed by atoms with E-state index in [0.29, 0.717) is 12.3 Å². The van der Waals surface area contributed by atoms with Crippen LogP contribution in [0.4, 0.5) is 0 Å². The predicted molar refractivity (Wildman–Crippen MR) is 59.8 cm³/mol. The molecule has 0 saturated heterocycles. The third-order valence-electron chi connectivity index (χ3n) is 2.10. The lowest BCUT2D eigenvalue weighted by Gasteiger charge is -2.17. The van der Waals surface area contributed by atoms with Crippen molar-refractivity contribution in [3.05, 3.63) is 30.3 Å². The zero-order valence-corrected chi connectivity index (χ0v) is 9.22. The molecule has 4 heteroatoms. The van der Waals surface area contributed by atoms with Crippen molar-refractivity contribution in [3.63, 3.8) is 0 Å². The highest BCUT2D eigenvalue weighted by Crippen LogP contribution is 2.08. The van der Waals surface area contributed by atoms with Crippen LogP contribution in [-0.4, -0.2) is 30.5 Å². The summed E-state index contributed by atoms with van der Waals surface area (Å²) in [6.45, 7) is 2.43. The average molecular weight is 218 g/mol. The van der Waals surface area contributed by atoms with E-state index in [4.69, 9.17) is 10.00 Å². The van der Waals surface area contributed by atoms with Gasteiger partial charge in [0.05, 0.1) is 6.07 Å². The Morgan fingerprint density at radius 3 is 2.69 bits per heavy atom. The van der Waals surface area contributed by atoms with Gasteiger partial charge in [0.15, 0.2) is 6.61 Å². The van der Waals surface area contributed by atoms with E-state index < -0.39 is 0 Å². The quantitative estimate of drug-likeness (QED) is 0.703. The van der Waals surface area contributed by atoms with Gasteiger partial charge in [-0.25, -0.2) is 0 Å². The Balaban J connectivity index is 2.43. The molecular weight excluding hydrogens is 204 g/mol. The topological polar surface area (TPSA) is 53.3 Å². The van der Waals surface area contributed by atoms with Gasteiger partial charge in [-0.3, -0.25) is 4.79 Å². The Bertz CT molecular complexity index is 370. The molecule has 1 aromatic rings. The van der Waals surface area contributed by atoms with Crippen LogP contribution in [0, 0.1) is 11.3 Å². The molecular formula is C12H14N2O2. The largest absolute Gasteiger partial charge is 0.484 e. The molecule has 1 amide bonds. The average Bonchev–Trinajstić information content (AvgIpc) is 2.34. The molecule has 0 atom stereocenters. The van der Waals surface area contributed by atoms with E-state index in [0.717, 1.165) is 0 Å². The van der Waals surface area contributed by atoms with Crippen molar-refractivity contribution >= 4 is 5.91 Å². The second kappa shape index (κ2) is 6.46. The van der Waals surface area contributed by atoms with E-state index in [1.54, 1.807) is 12.1 Å². The molecule has 0 aromatic heterocycles. The van der Waals surface area contributed by atoms with Gasteiger partial charge >= 0.3 is 0 Å². The molecule has 0 aliphatic carbocycles. The molecule has 0 saturated carbocycles. The highest BCUT2D eigenvalue weighted by atomic mass is 16.5. The van der Waals surface area contributed by atoms with E-state index in [-0.39, 0.29) is 19.1 Å². The van der Waals surface area contributed by atoms with Crippen LogP contribution in [0.1, 0.15) is 6.92 Å². The molecule has 0 aliphatic rings. The minimum atomic E-state index is -0.173. The molecule has 0 N–H and O–H groups in total. The number of hydrogen-bond donors (Lipinski definition) is 0. The number of likely N-dealkylation sites (N-methyl/N-ethyl adjacent to an activating group) is 1. The minimum absolute atomic E-state index is 0.0282. The maximum atomic E-state index is 11.6. The Morgan fingerprint density at radius 1 is 1.44 bits per heavy atom. The summed E-state index contributed by atoms with van der Waals surface area (Å²) in [4.78, 5) is 13.0. The van der Waals surface area contributed by atoms with Crippen LogP contribution in [0.5, 0.6) is 5.75 Å². The Hall–Kier alpha value is -2.02. The van der Waals surface area contributed by atoms with Gasteiger partial charge in [0.1, 0.15) is 12.3 Å². The number of hydrogen-bond acceptors (Lipinski definition) is 3. The fraction of sp³-hybridized carbons (Fsp3) is 0.333. The van der Waals surface area contributed by atoms with Crippen LogP contribution in [0.3, 0.4) is 0 Å². The first-order valence-electron chi connectivity index (χ1n) is 5.10. The maximum absolute atomic E-state index is 11.6. The first kappa shape index (κ1) is 12.1. The summed E-state index contributed by atoms with van der Waals surface area (Å²) >= 11 is 0. The van der Waals surface area contributed by atoms with Crippen LogP contribution in [0.2, 0.25) is 0 Å². The molecule has 0 aliphatic heterocycles. The summed E-state index contributed by atoms with van der Waals surface area (Å²) in [5, 5.41) is 8.52. The third-order valence-corrected chi connectivity index (χ3v) is 2.10. The number of amides is 1. The van der Waals surface area contributed by atoms with E-state index in [1.165, 1.54) is 4.90 Å². The Morgan fingerprint density at radius 2 is 2.12 bits per heavy atom. The number of nitrogens with zero attached hydrogens (tertiary/aromatic N) is 2. The molecule has 0 radical (unpaired) electrons. The van der Waals surface area contributed by atoms with Crippen LogP contribution in [0.15, 0.2) is 30.3 Å². The molecule has 4 nitrogen and oxygen atoms in total. The van der Waals surface area contributed by atoms with Gasteiger partial charge < -0.3 is 9.64 Å². The zero-order valence-electron chi connectivity index (χ0n) is 9.22. The molecule has 0 bridgehead atoms. The summed E-state index contributed by atoms with van der Waals surface area (Å²) in [6.07, 6.45) is 0. The van der Waals surface area contributed by atoms with Gasteiger partial charge in [-0.2, -0.15) is 5.26 Å². The first-order chi connectivity index (χ1) is 7.77. The van der Waals surface area contributed by atoms with Crippen LogP contribution in [0.25, 0.3) is 0 Å². The lowest BCUT2D eigenvalue weighted by atomic mass is 10.3. The lowest BCUT2D eigenvalue weighted by Crippen LogP contribution is -2.35. The number of para-hydroxylation sites is 1. The van der Waals surface area contributed by atoms with Gasteiger partial charge in [-0.15, -0.1) is 0 Å². The van der Waals surface area contributed by atoms with Crippen LogP contribution >= 0.6 is 0 Å².